The Morgan fingerprint density at radius 3 is 2.81 bits per heavy atom. The minimum atomic E-state index is -0.604. The number of likely N-dealkylation sites (tertiary alicyclic amines) is 1. The number of halogens is 1. The molecule has 1 saturated heterocycles. The summed E-state index contributed by atoms with van der Waals surface area (Å²) in [6.45, 7) is 3.56. The maximum absolute atomic E-state index is 12.5. The molecule has 1 aromatic rings. The fourth-order valence-corrected chi connectivity index (χ4v) is 3.30. The van der Waals surface area contributed by atoms with Crippen molar-refractivity contribution >= 4 is 29.3 Å². The molecule has 1 amide bonds. The molecule has 1 unspecified atom stereocenters. The Morgan fingerprint density at radius 2 is 2.19 bits per heavy atom. The zero-order valence-corrected chi connectivity index (χ0v) is 16.3. The van der Waals surface area contributed by atoms with Crippen molar-refractivity contribution in [3.8, 4) is 0 Å². The highest BCUT2D eigenvalue weighted by molar-refractivity contribution is 6.33. The number of nitrogens with zero attached hydrogens (tertiary/aromatic N) is 1. The fraction of sp³-hybridized carbons (Fsp3) is 0.588. The van der Waals surface area contributed by atoms with Gasteiger partial charge >= 0.3 is 5.97 Å². The van der Waals surface area contributed by atoms with E-state index in [2.05, 4.69) is 15.2 Å². The first-order valence-electron chi connectivity index (χ1n) is 8.59. The van der Waals surface area contributed by atoms with Crippen molar-refractivity contribution in [1.29, 1.82) is 0 Å². The third-order valence-electron chi connectivity index (χ3n) is 4.66. The van der Waals surface area contributed by atoms with E-state index in [0.29, 0.717) is 26.1 Å². The maximum atomic E-state index is 12.5. The molecule has 1 aliphatic heterocycles. The van der Waals surface area contributed by atoms with Crippen LogP contribution in [0.25, 0.3) is 0 Å². The number of nitrogens with one attached hydrogen (secondary N) is 2. The van der Waals surface area contributed by atoms with Gasteiger partial charge in [0.15, 0.2) is 0 Å². The van der Waals surface area contributed by atoms with Gasteiger partial charge in [0, 0.05) is 26.7 Å². The highest BCUT2D eigenvalue weighted by Crippen LogP contribution is 2.18. The number of piperidine rings is 1. The maximum Gasteiger partial charge on any atom is 0.309 e. The van der Waals surface area contributed by atoms with Gasteiger partial charge in [0.25, 0.3) is 11.5 Å². The Morgan fingerprint density at radius 1 is 1.48 bits per heavy atom. The Labute approximate surface area is 162 Å². The minimum absolute atomic E-state index is 0.0148. The molecule has 4 N–H and O–H groups in total. The zero-order chi connectivity index (χ0) is 20.1. The van der Waals surface area contributed by atoms with Crippen LogP contribution in [0.2, 0.25) is 5.02 Å². The van der Waals surface area contributed by atoms with Crippen molar-refractivity contribution in [1.82, 2.24) is 15.2 Å². The van der Waals surface area contributed by atoms with Crippen LogP contribution in [0.3, 0.4) is 0 Å². The number of nitrogens with two attached hydrogens (primary N) is 1. The molecule has 10 heteroatoms. The third kappa shape index (κ3) is 5.21. The van der Waals surface area contributed by atoms with Crippen LogP contribution < -0.4 is 16.6 Å². The van der Waals surface area contributed by atoms with Gasteiger partial charge in [-0.2, -0.15) is 0 Å². The number of ether oxygens (including phenoxy) is 2. The first kappa shape index (κ1) is 21.2. The second-order valence-electron chi connectivity index (χ2n) is 6.60. The molecule has 0 saturated carbocycles. The number of H-pyrrole nitrogens is 1. The summed E-state index contributed by atoms with van der Waals surface area (Å²) in [6.07, 6.45) is 0.328. The van der Waals surface area contributed by atoms with Gasteiger partial charge in [-0.15, -0.1) is 0 Å². The summed E-state index contributed by atoms with van der Waals surface area (Å²) < 4.78 is 10.3. The molecule has 3 atom stereocenters. The Kier molecular flexibility index (Phi) is 7.23. The van der Waals surface area contributed by atoms with Crippen LogP contribution in [0.5, 0.6) is 0 Å². The normalized spacial score (nSPS) is 21.5. The number of amides is 1. The van der Waals surface area contributed by atoms with Crippen LogP contribution in [0, 0.1) is 5.92 Å². The number of esters is 1. The number of pyridine rings is 1. The molecular weight excluding hydrogens is 376 g/mol. The molecule has 27 heavy (non-hydrogen) atoms. The van der Waals surface area contributed by atoms with E-state index in [9.17, 15) is 14.4 Å². The summed E-state index contributed by atoms with van der Waals surface area (Å²) in [6, 6.07) is 0.975. The number of aromatic nitrogens is 1. The highest BCUT2D eigenvalue weighted by atomic mass is 35.5. The predicted octanol–water partition coefficient (Wildman–Crippen LogP) is 0.239. The second-order valence-corrected chi connectivity index (χ2v) is 7.01. The summed E-state index contributed by atoms with van der Waals surface area (Å²) in [5, 5.41) is 2.94. The van der Waals surface area contributed by atoms with Crippen LogP contribution >= 0.6 is 11.6 Å². The quantitative estimate of drug-likeness (QED) is 0.583. The van der Waals surface area contributed by atoms with E-state index < -0.39 is 11.5 Å². The molecule has 150 valence electrons. The highest BCUT2D eigenvalue weighted by Gasteiger charge is 2.32. The summed E-state index contributed by atoms with van der Waals surface area (Å²) >= 11 is 5.89. The van der Waals surface area contributed by atoms with Gasteiger partial charge in [-0.25, -0.2) is 0 Å². The first-order valence-corrected chi connectivity index (χ1v) is 8.96. The Bertz CT molecular complexity index is 753. The SMILES string of the molecule is COC(=O)C(C)CN1CC[C@H](NC(=O)c2cc(Cl)c(N)[nH]c2=O)[C@H](OC)C1. The van der Waals surface area contributed by atoms with Gasteiger partial charge in [0.05, 0.1) is 30.2 Å². The molecule has 0 aliphatic carbocycles. The van der Waals surface area contributed by atoms with Gasteiger partial charge in [-0.1, -0.05) is 18.5 Å². The topological polar surface area (TPSA) is 127 Å². The number of methoxy groups -OCH3 is 2. The molecule has 0 bridgehead atoms. The van der Waals surface area contributed by atoms with E-state index in [0.717, 1.165) is 0 Å². The Hall–Kier alpha value is -2.10. The average Bonchev–Trinajstić information content (AvgIpc) is 2.64. The number of carbonyl (C=O) groups is 2. The zero-order valence-electron chi connectivity index (χ0n) is 15.6. The van der Waals surface area contributed by atoms with E-state index in [1.807, 2.05) is 0 Å². The van der Waals surface area contributed by atoms with Crippen LogP contribution in [0.1, 0.15) is 23.7 Å². The van der Waals surface area contributed by atoms with Crippen LogP contribution in [-0.4, -0.2) is 67.8 Å². The van der Waals surface area contributed by atoms with Gasteiger partial charge in [0.2, 0.25) is 0 Å². The van der Waals surface area contributed by atoms with Crippen molar-refractivity contribution in [2.24, 2.45) is 5.92 Å². The fourth-order valence-electron chi connectivity index (χ4n) is 3.15. The minimum Gasteiger partial charge on any atom is -0.469 e. The molecule has 1 aliphatic rings. The van der Waals surface area contributed by atoms with Crippen LogP contribution in [0.15, 0.2) is 10.9 Å². The van der Waals surface area contributed by atoms with Gasteiger partial charge in [-0.3, -0.25) is 19.3 Å². The van der Waals surface area contributed by atoms with Crippen molar-refractivity contribution in [3.05, 3.63) is 27.0 Å². The standard InChI is InChI=1S/C17H25ClN4O5/c1-9(17(25)27-3)7-22-5-4-12(13(8-22)26-2)20-15(23)10-6-11(18)14(19)21-16(10)24/h6,9,12-13H,4-5,7-8H2,1-3H3,(H,20,23)(H3,19,21,24)/t9?,12-,13+/m0/s1. The lowest BCUT2D eigenvalue weighted by atomic mass is 9.99. The van der Waals surface area contributed by atoms with E-state index in [4.69, 9.17) is 26.8 Å². The number of nitrogen functional groups attached to an aromatic ring is 1. The first-order chi connectivity index (χ1) is 12.8. The van der Waals surface area contributed by atoms with E-state index in [1.165, 1.54) is 13.2 Å². The molecule has 2 heterocycles. The number of rotatable bonds is 6. The molecule has 0 radical (unpaired) electrons. The molecular formula is C17H25ClN4O5. The third-order valence-corrected chi connectivity index (χ3v) is 4.98. The largest absolute Gasteiger partial charge is 0.469 e. The smallest absolute Gasteiger partial charge is 0.309 e. The number of hydrogen-bond donors (Lipinski definition) is 3. The molecule has 0 aromatic carbocycles. The van der Waals surface area contributed by atoms with Crippen molar-refractivity contribution in [3.63, 3.8) is 0 Å². The lowest BCUT2D eigenvalue weighted by molar-refractivity contribution is -0.145. The van der Waals surface area contributed by atoms with Crippen molar-refractivity contribution in [2.75, 3.05) is 39.6 Å². The summed E-state index contributed by atoms with van der Waals surface area (Å²) in [5.41, 5.74) is 4.82. The lowest BCUT2D eigenvalue weighted by Crippen LogP contribution is -2.56. The number of anilines is 1. The molecule has 1 aromatic heterocycles. The lowest BCUT2D eigenvalue weighted by Gasteiger charge is -2.38. The summed E-state index contributed by atoms with van der Waals surface area (Å²) in [4.78, 5) is 40.5. The molecule has 0 spiro atoms. The van der Waals surface area contributed by atoms with Crippen molar-refractivity contribution < 1.29 is 19.1 Å². The number of aromatic amines is 1. The average molecular weight is 401 g/mol. The van der Waals surface area contributed by atoms with E-state index in [-0.39, 0.29) is 40.4 Å². The Balaban J connectivity index is 2.02. The molecule has 1 fully saturated rings. The van der Waals surface area contributed by atoms with E-state index in [1.54, 1.807) is 14.0 Å². The molecule has 2 rings (SSSR count). The second kappa shape index (κ2) is 9.20. The number of carbonyl (C=O) groups excluding carboxylic acids is 2. The van der Waals surface area contributed by atoms with Crippen LogP contribution in [0.4, 0.5) is 5.82 Å². The predicted molar refractivity (Wildman–Crippen MR) is 101 cm³/mol. The van der Waals surface area contributed by atoms with E-state index >= 15 is 0 Å². The number of hydrogen-bond acceptors (Lipinski definition) is 7. The van der Waals surface area contributed by atoms with Gasteiger partial charge in [0.1, 0.15) is 11.4 Å². The summed E-state index contributed by atoms with van der Waals surface area (Å²) in [5.74, 6) is -1.05. The van der Waals surface area contributed by atoms with Crippen LogP contribution in [-0.2, 0) is 14.3 Å². The summed E-state index contributed by atoms with van der Waals surface area (Å²) in [7, 11) is 2.92. The van der Waals surface area contributed by atoms with Crippen molar-refractivity contribution in [2.45, 2.75) is 25.5 Å². The molecule has 9 nitrogen and oxygen atoms in total. The monoisotopic (exact) mass is 400 g/mol. The van der Waals surface area contributed by atoms with Gasteiger partial charge in [-0.05, 0) is 12.5 Å². The van der Waals surface area contributed by atoms with Gasteiger partial charge < -0.3 is 25.5 Å².